The van der Waals surface area contributed by atoms with Crippen LogP contribution in [0.2, 0.25) is 0 Å². The van der Waals surface area contributed by atoms with Gasteiger partial charge in [-0.2, -0.15) is 4.98 Å². The van der Waals surface area contributed by atoms with Gasteiger partial charge in [-0.25, -0.2) is 0 Å². The highest BCUT2D eigenvalue weighted by Gasteiger charge is 2.29. The highest BCUT2D eigenvalue weighted by Crippen LogP contribution is 2.31. The highest BCUT2D eigenvalue weighted by atomic mass is 16.5. The maximum atomic E-state index is 6.20. The molecule has 96 valence electrons. The molecule has 1 aromatic heterocycles. The molecule has 17 heavy (non-hydrogen) atoms. The Labute approximate surface area is 103 Å². The van der Waals surface area contributed by atoms with Crippen molar-refractivity contribution in [3.05, 3.63) is 11.7 Å². The van der Waals surface area contributed by atoms with E-state index in [1.165, 1.54) is 19.3 Å². The zero-order chi connectivity index (χ0) is 12.5. The smallest absolute Gasteiger partial charge is 0.231 e. The van der Waals surface area contributed by atoms with Gasteiger partial charge < -0.3 is 10.3 Å². The molecule has 0 amide bonds. The molecular formula is C13H23N3O. The summed E-state index contributed by atoms with van der Waals surface area (Å²) in [5.74, 6) is 1.77. The van der Waals surface area contributed by atoms with E-state index >= 15 is 0 Å². The van der Waals surface area contributed by atoms with E-state index in [4.69, 9.17) is 10.3 Å². The first-order valence-electron chi connectivity index (χ1n) is 6.58. The minimum absolute atomic E-state index is 0.0590. The van der Waals surface area contributed by atoms with Crippen molar-refractivity contribution >= 4 is 0 Å². The van der Waals surface area contributed by atoms with Gasteiger partial charge in [-0.15, -0.1) is 0 Å². The number of hydrogen-bond acceptors (Lipinski definition) is 4. The van der Waals surface area contributed by atoms with E-state index in [2.05, 4.69) is 30.9 Å². The van der Waals surface area contributed by atoms with Crippen LogP contribution in [0.15, 0.2) is 4.52 Å². The van der Waals surface area contributed by atoms with Gasteiger partial charge >= 0.3 is 0 Å². The van der Waals surface area contributed by atoms with Gasteiger partial charge in [0.25, 0.3) is 0 Å². The summed E-state index contributed by atoms with van der Waals surface area (Å²) in [6.07, 6.45) is 5.85. The van der Waals surface area contributed by atoms with Crippen LogP contribution in [0.25, 0.3) is 0 Å². The van der Waals surface area contributed by atoms with Crippen LogP contribution in [0, 0.1) is 0 Å². The van der Waals surface area contributed by atoms with Crippen molar-refractivity contribution in [3.8, 4) is 0 Å². The Kier molecular flexibility index (Phi) is 3.52. The molecule has 0 spiro atoms. The molecule has 0 bridgehead atoms. The molecule has 1 saturated carbocycles. The lowest BCUT2D eigenvalue weighted by Crippen LogP contribution is -2.27. The SMILES string of the molecule is CC(C)(C)c1noc(C2CCCCCC2N)n1. The monoisotopic (exact) mass is 237 g/mol. The van der Waals surface area contributed by atoms with Gasteiger partial charge in [-0.05, 0) is 12.8 Å². The van der Waals surface area contributed by atoms with Crippen molar-refractivity contribution in [1.29, 1.82) is 0 Å². The van der Waals surface area contributed by atoms with Gasteiger partial charge in [-0.3, -0.25) is 0 Å². The molecule has 4 nitrogen and oxygen atoms in total. The summed E-state index contributed by atoms with van der Waals surface area (Å²) >= 11 is 0. The van der Waals surface area contributed by atoms with Crippen molar-refractivity contribution in [2.45, 2.75) is 70.3 Å². The number of nitrogens with two attached hydrogens (primary N) is 1. The maximum absolute atomic E-state index is 6.20. The lowest BCUT2D eigenvalue weighted by atomic mass is 9.94. The molecule has 4 heteroatoms. The summed E-state index contributed by atoms with van der Waals surface area (Å²) in [4.78, 5) is 4.54. The molecule has 1 heterocycles. The van der Waals surface area contributed by atoms with E-state index in [1.807, 2.05) is 0 Å². The molecule has 2 rings (SSSR count). The zero-order valence-corrected chi connectivity index (χ0v) is 11.1. The van der Waals surface area contributed by atoms with Crippen LogP contribution >= 0.6 is 0 Å². The van der Waals surface area contributed by atoms with Crippen molar-refractivity contribution in [1.82, 2.24) is 10.1 Å². The fraction of sp³-hybridized carbons (Fsp3) is 0.846. The van der Waals surface area contributed by atoms with Crippen LogP contribution in [0.3, 0.4) is 0 Å². The number of aromatic nitrogens is 2. The summed E-state index contributed by atoms with van der Waals surface area (Å²) in [7, 11) is 0. The minimum Gasteiger partial charge on any atom is -0.339 e. The van der Waals surface area contributed by atoms with Crippen LogP contribution in [0.5, 0.6) is 0 Å². The van der Waals surface area contributed by atoms with E-state index < -0.39 is 0 Å². The van der Waals surface area contributed by atoms with E-state index in [0.29, 0.717) is 0 Å². The van der Waals surface area contributed by atoms with Gasteiger partial charge in [-0.1, -0.05) is 45.2 Å². The van der Waals surface area contributed by atoms with Gasteiger partial charge in [0.1, 0.15) is 0 Å². The van der Waals surface area contributed by atoms with E-state index in [1.54, 1.807) is 0 Å². The van der Waals surface area contributed by atoms with Crippen LogP contribution in [0.1, 0.15) is 70.5 Å². The molecule has 2 atom stereocenters. The number of rotatable bonds is 1. The quantitative estimate of drug-likeness (QED) is 0.763. The van der Waals surface area contributed by atoms with Crippen LogP contribution in [-0.4, -0.2) is 16.2 Å². The summed E-state index contributed by atoms with van der Waals surface area (Å²) in [6.45, 7) is 6.28. The Bertz CT molecular complexity index is 367. The summed E-state index contributed by atoms with van der Waals surface area (Å²) < 4.78 is 5.42. The van der Waals surface area contributed by atoms with Crippen molar-refractivity contribution in [2.24, 2.45) is 5.73 Å². The summed E-state index contributed by atoms with van der Waals surface area (Å²) in [6, 6.07) is 0.172. The molecule has 0 saturated heterocycles. The minimum atomic E-state index is -0.0590. The molecule has 2 N–H and O–H groups in total. The van der Waals surface area contributed by atoms with Gasteiger partial charge in [0, 0.05) is 11.5 Å². The average molecular weight is 237 g/mol. The van der Waals surface area contributed by atoms with E-state index in [0.717, 1.165) is 24.6 Å². The van der Waals surface area contributed by atoms with Gasteiger partial charge in [0.2, 0.25) is 5.89 Å². The Morgan fingerprint density at radius 3 is 2.53 bits per heavy atom. The summed E-state index contributed by atoms with van der Waals surface area (Å²) in [5, 5.41) is 4.09. The predicted octanol–water partition coefficient (Wildman–Crippen LogP) is 2.74. The molecule has 2 unspecified atom stereocenters. The third kappa shape index (κ3) is 2.86. The standard InChI is InChI=1S/C13H23N3O/c1-13(2,3)12-15-11(17-16-12)9-7-5-4-6-8-10(9)14/h9-10H,4-8,14H2,1-3H3. The maximum Gasteiger partial charge on any atom is 0.231 e. The second-order valence-corrected chi connectivity index (χ2v) is 6.11. The lowest BCUT2D eigenvalue weighted by molar-refractivity contribution is 0.319. The van der Waals surface area contributed by atoms with Crippen molar-refractivity contribution in [2.75, 3.05) is 0 Å². The lowest BCUT2D eigenvalue weighted by Gasteiger charge is -2.17. The zero-order valence-electron chi connectivity index (χ0n) is 11.1. The Morgan fingerprint density at radius 1 is 1.18 bits per heavy atom. The van der Waals surface area contributed by atoms with Crippen LogP contribution in [0.4, 0.5) is 0 Å². The van der Waals surface area contributed by atoms with Gasteiger partial charge in [0.05, 0.1) is 5.92 Å². The first-order valence-corrected chi connectivity index (χ1v) is 6.58. The van der Waals surface area contributed by atoms with Crippen molar-refractivity contribution < 1.29 is 4.52 Å². The highest BCUT2D eigenvalue weighted by molar-refractivity contribution is 5.05. The molecule has 1 aliphatic carbocycles. The number of hydrogen-bond donors (Lipinski definition) is 1. The number of nitrogens with zero attached hydrogens (tertiary/aromatic N) is 2. The van der Waals surface area contributed by atoms with Crippen molar-refractivity contribution in [3.63, 3.8) is 0 Å². The molecule has 0 aromatic carbocycles. The second kappa shape index (κ2) is 4.77. The predicted molar refractivity (Wildman–Crippen MR) is 66.8 cm³/mol. The van der Waals surface area contributed by atoms with E-state index in [-0.39, 0.29) is 17.4 Å². The first kappa shape index (κ1) is 12.6. The molecule has 0 aliphatic heterocycles. The first-order chi connectivity index (χ1) is 7.98. The normalized spacial score (nSPS) is 26.8. The fourth-order valence-electron chi connectivity index (χ4n) is 2.33. The Balaban J connectivity index is 2.18. The largest absolute Gasteiger partial charge is 0.339 e. The van der Waals surface area contributed by atoms with Crippen LogP contribution in [-0.2, 0) is 5.41 Å². The van der Waals surface area contributed by atoms with E-state index in [9.17, 15) is 0 Å². The molecule has 1 aromatic rings. The fourth-order valence-corrected chi connectivity index (χ4v) is 2.33. The molecular weight excluding hydrogens is 214 g/mol. The Hall–Kier alpha value is -0.900. The average Bonchev–Trinajstić information content (AvgIpc) is 2.63. The second-order valence-electron chi connectivity index (χ2n) is 6.11. The molecule has 0 radical (unpaired) electrons. The molecule has 1 fully saturated rings. The Morgan fingerprint density at radius 2 is 1.88 bits per heavy atom. The molecule has 1 aliphatic rings. The van der Waals surface area contributed by atoms with Gasteiger partial charge in [0.15, 0.2) is 5.82 Å². The summed E-state index contributed by atoms with van der Waals surface area (Å²) in [5.41, 5.74) is 6.14. The third-order valence-electron chi connectivity index (χ3n) is 3.50. The third-order valence-corrected chi connectivity index (χ3v) is 3.50. The topological polar surface area (TPSA) is 64.9 Å². The van der Waals surface area contributed by atoms with Crippen LogP contribution < -0.4 is 5.73 Å².